The SMILES string of the molecule is COc1ccc(C/C(C(=O)c2ccc(C)cc2)=C(\C(=O)O)c2ccc3nsnc3c2)cc1F. The maximum atomic E-state index is 14.3. The Balaban J connectivity index is 1.90. The molecule has 1 aromatic heterocycles. The molecule has 33 heavy (non-hydrogen) atoms. The van der Waals surface area contributed by atoms with Crippen molar-refractivity contribution in [2.24, 2.45) is 0 Å². The lowest BCUT2D eigenvalue weighted by Gasteiger charge is -2.14. The number of carbonyl (C=O) groups is 2. The topological polar surface area (TPSA) is 89.4 Å². The molecule has 0 radical (unpaired) electrons. The number of methoxy groups -OCH3 is 1. The molecule has 4 rings (SSSR count). The first-order valence-corrected chi connectivity index (χ1v) is 10.7. The van der Waals surface area contributed by atoms with Gasteiger partial charge in [-0.2, -0.15) is 8.75 Å². The van der Waals surface area contributed by atoms with E-state index in [1.54, 1.807) is 48.5 Å². The fourth-order valence-electron chi connectivity index (χ4n) is 3.55. The minimum absolute atomic E-state index is 0.0402. The quantitative estimate of drug-likeness (QED) is 0.303. The third-order valence-electron chi connectivity index (χ3n) is 5.24. The molecule has 1 N–H and O–H groups in total. The van der Waals surface area contributed by atoms with Crippen molar-refractivity contribution in [2.45, 2.75) is 13.3 Å². The second kappa shape index (κ2) is 9.30. The number of aromatic nitrogens is 2. The third kappa shape index (κ3) is 4.65. The van der Waals surface area contributed by atoms with Gasteiger partial charge in [-0.1, -0.05) is 42.0 Å². The molecule has 4 aromatic rings. The summed E-state index contributed by atoms with van der Waals surface area (Å²) in [7, 11) is 1.36. The van der Waals surface area contributed by atoms with E-state index in [1.165, 1.54) is 19.2 Å². The van der Waals surface area contributed by atoms with Crippen LogP contribution in [-0.4, -0.2) is 32.7 Å². The van der Waals surface area contributed by atoms with Gasteiger partial charge in [0.2, 0.25) is 0 Å². The van der Waals surface area contributed by atoms with Crippen molar-refractivity contribution in [3.63, 3.8) is 0 Å². The van der Waals surface area contributed by atoms with E-state index in [-0.39, 0.29) is 23.3 Å². The Morgan fingerprint density at radius 3 is 2.33 bits per heavy atom. The number of ketones is 1. The Bertz CT molecular complexity index is 1390. The Labute approximate surface area is 193 Å². The van der Waals surface area contributed by atoms with E-state index in [0.29, 0.717) is 27.7 Å². The summed E-state index contributed by atoms with van der Waals surface area (Å²) in [6.07, 6.45) is -0.0807. The number of carbonyl (C=O) groups excluding carboxylic acids is 1. The van der Waals surface area contributed by atoms with Gasteiger partial charge in [0, 0.05) is 17.6 Å². The lowest BCUT2D eigenvalue weighted by molar-refractivity contribution is -0.130. The number of benzene rings is 3. The zero-order valence-electron chi connectivity index (χ0n) is 17.8. The van der Waals surface area contributed by atoms with Crippen molar-refractivity contribution >= 4 is 40.1 Å². The highest BCUT2D eigenvalue weighted by Crippen LogP contribution is 2.29. The molecule has 1 heterocycles. The summed E-state index contributed by atoms with van der Waals surface area (Å²) in [5, 5.41) is 10.1. The Morgan fingerprint density at radius 2 is 1.67 bits per heavy atom. The number of carboxylic acids is 1. The first kappa shape index (κ1) is 22.3. The van der Waals surface area contributed by atoms with Crippen LogP contribution in [0.25, 0.3) is 16.6 Å². The average Bonchev–Trinajstić information content (AvgIpc) is 3.27. The number of allylic oxidation sites excluding steroid dienone is 1. The van der Waals surface area contributed by atoms with Crippen LogP contribution in [-0.2, 0) is 11.2 Å². The molecule has 0 atom stereocenters. The van der Waals surface area contributed by atoms with Crippen LogP contribution in [0.3, 0.4) is 0 Å². The number of Topliss-reactive ketones (excluding diaryl/α,β-unsaturated/α-hetero) is 1. The summed E-state index contributed by atoms with van der Waals surface area (Å²) in [4.78, 5) is 26.0. The molecule has 166 valence electrons. The molecule has 0 aliphatic rings. The van der Waals surface area contributed by atoms with Crippen molar-refractivity contribution in [3.8, 4) is 5.75 Å². The molecule has 0 amide bonds. The molecule has 6 nitrogen and oxygen atoms in total. The highest BCUT2D eigenvalue weighted by molar-refractivity contribution is 7.00. The predicted octanol–water partition coefficient (Wildman–Crippen LogP) is 5.11. The molecule has 0 unspecified atom stereocenters. The largest absolute Gasteiger partial charge is 0.494 e. The van der Waals surface area contributed by atoms with Crippen LogP contribution in [0.15, 0.2) is 66.2 Å². The number of rotatable bonds is 7. The molecule has 0 saturated carbocycles. The van der Waals surface area contributed by atoms with Gasteiger partial charge in [0.1, 0.15) is 11.0 Å². The maximum absolute atomic E-state index is 14.3. The lowest BCUT2D eigenvalue weighted by Crippen LogP contribution is -2.14. The highest BCUT2D eigenvalue weighted by atomic mass is 32.1. The minimum atomic E-state index is -1.26. The average molecular weight is 463 g/mol. The number of halogens is 1. The molecule has 8 heteroatoms. The van der Waals surface area contributed by atoms with E-state index >= 15 is 0 Å². The van der Waals surface area contributed by atoms with E-state index < -0.39 is 17.6 Å². The van der Waals surface area contributed by atoms with Crippen molar-refractivity contribution in [1.82, 2.24) is 8.75 Å². The molecule has 0 spiro atoms. The van der Waals surface area contributed by atoms with Gasteiger partial charge in [-0.05, 0) is 42.3 Å². The van der Waals surface area contributed by atoms with Crippen LogP contribution in [0.5, 0.6) is 5.75 Å². The van der Waals surface area contributed by atoms with E-state index in [4.69, 9.17) is 4.74 Å². The smallest absolute Gasteiger partial charge is 0.336 e. The van der Waals surface area contributed by atoms with E-state index in [0.717, 1.165) is 17.3 Å². The molecule has 0 saturated heterocycles. The van der Waals surface area contributed by atoms with Gasteiger partial charge < -0.3 is 9.84 Å². The molecule has 3 aromatic carbocycles. The van der Waals surface area contributed by atoms with Crippen LogP contribution in [0, 0.1) is 12.7 Å². The Morgan fingerprint density at radius 1 is 0.970 bits per heavy atom. The standard InChI is InChI=1S/C25H19FN2O4S/c1-14-3-6-16(7-4-14)24(29)18(11-15-5-10-22(32-2)19(26)12-15)23(25(30)31)17-8-9-20-21(13-17)28-33-27-20/h3-10,12-13H,11H2,1-2H3,(H,30,31)/b23-18+. The lowest BCUT2D eigenvalue weighted by atomic mass is 9.89. The van der Waals surface area contributed by atoms with E-state index in [2.05, 4.69) is 8.75 Å². The zero-order valence-corrected chi connectivity index (χ0v) is 18.6. The summed E-state index contributed by atoms with van der Waals surface area (Å²) in [5.41, 5.74) is 3.14. The zero-order chi connectivity index (χ0) is 23.5. The number of fused-ring (bicyclic) bond motifs is 1. The van der Waals surface area contributed by atoms with Gasteiger partial charge in [-0.3, -0.25) is 4.79 Å². The molecule has 0 bridgehead atoms. The van der Waals surface area contributed by atoms with Crippen molar-refractivity contribution in [3.05, 3.63) is 94.3 Å². The second-order valence-corrected chi connectivity index (χ2v) is 8.00. The van der Waals surface area contributed by atoms with Crippen molar-refractivity contribution < 1.29 is 23.8 Å². The number of aliphatic carboxylic acids is 1. The normalized spacial score (nSPS) is 11.8. The third-order valence-corrected chi connectivity index (χ3v) is 5.80. The number of carboxylic acid groups (broad SMARTS) is 1. The van der Waals surface area contributed by atoms with Crippen LogP contribution in [0.4, 0.5) is 4.39 Å². The van der Waals surface area contributed by atoms with Crippen molar-refractivity contribution in [2.75, 3.05) is 7.11 Å². The van der Waals surface area contributed by atoms with Gasteiger partial charge in [-0.15, -0.1) is 0 Å². The number of hydrogen-bond acceptors (Lipinski definition) is 6. The molecule has 0 aliphatic heterocycles. The molecular formula is C25H19FN2O4S. The summed E-state index contributed by atoms with van der Waals surface area (Å²) in [5.74, 6) is -2.24. The Kier molecular flexibility index (Phi) is 6.28. The summed E-state index contributed by atoms with van der Waals surface area (Å²) in [6.45, 7) is 1.89. The van der Waals surface area contributed by atoms with Crippen LogP contribution < -0.4 is 4.74 Å². The highest BCUT2D eigenvalue weighted by Gasteiger charge is 2.24. The number of hydrogen-bond donors (Lipinski definition) is 1. The first-order valence-electron chi connectivity index (χ1n) is 10.0. The summed E-state index contributed by atoms with van der Waals surface area (Å²) in [6, 6.07) is 16.0. The van der Waals surface area contributed by atoms with Gasteiger partial charge in [0.15, 0.2) is 17.3 Å². The number of nitrogens with zero attached hydrogens (tertiary/aromatic N) is 2. The van der Waals surface area contributed by atoms with Gasteiger partial charge >= 0.3 is 5.97 Å². The van der Waals surface area contributed by atoms with E-state index in [1.807, 2.05) is 6.92 Å². The van der Waals surface area contributed by atoms with Crippen molar-refractivity contribution in [1.29, 1.82) is 0 Å². The van der Waals surface area contributed by atoms with Crippen LogP contribution in [0.1, 0.15) is 27.0 Å². The molecular weight excluding hydrogens is 443 g/mol. The Hall–Kier alpha value is -3.91. The maximum Gasteiger partial charge on any atom is 0.336 e. The minimum Gasteiger partial charge on any atom is -0.494 e. The van der Waals surface area contributed by atoms with Gasteiger partial charge in [-0.25, -0.2) is 9.18 Å². The van der Waals surface area contributed by atoms with Gasteiger partial charge in [0.05, 0.1) is 24.4 Å². The fraction of sp³-hybridized carbons (Fsp3) is 0.120. The number of ether oxygens (including phenoxy) is 1. The first-order chi connectivity index (χ1) is 15.9. The van der Waals surface area contributed by atoms with Crippen LogP contribution >= 0.6 is 11.7 Å². The van der Waals surface area contributed by atoms with E-state index in [9.17, 15) is 19.1 Å². The molecule has 0 aliphatic carbocycles. The number of aryl methyl sites for hydroxylation is 1. The molecule has 0 fully saturated rings. The van der Waals surface area contributed by atoms with Gasteiger partial charge in [0.25, 0.3) is 0 Å². The summed E-state index contributed by atoms with van der Waals surface area (Å²) >= 11 is 1.02. The monoisotopic (exact) mass is 462 g/mol. The van der Waals surface area contributed by atoms with Crippen LogP contribution in [0.2, 0.25) is 0 Å². The summed E-state index contributed by atoms with van der Waals surface area (Å²) < 4.78 is 27.6. The second-order valence-electron chi connectivity index (χ2n) is 7.47. The fourth-order valence-corrected chi connectivity index (χ4v) is 4.07. The predicted molar refractivity (Wildman–Crippen MR) is 124 cm³/mol.